The Hall–Kier alpha value is -0.600. The molecule has 82 valence electrons. The molecule has 0 saturated heterocycles. The highest BCUT2D eigenvalue weighted by molar-refractivity contribution is 6.30. The molecule has 0 bridgehead atoms. The normalized spacial score (nSPS) is 17.8. The van der Waals surface area contributed by atoms with Crippen LogP contribution >= 0.6 is 11.6 Å². The van der Waals surface area contributed by atoms with Gasteiger partial charge in [0.15, 0.2) is 0 Å². The Bertz CT molecular complexity index is 349. The fraction of sp³-hybridized carbons (Fsp3) is 0.500. The van der Waals surface area contributed by atoms with Gasteiger partial charge in [-0.25, -0.2) is 4.39 Å². The molecule has 1 atom stereocenters. The first kappa shape index (κ1) is 10.9. The topological polar surface area (TPSA) is 26.0 Å². The Kier molecular flexibility index (Phi) is 3.27. The average Bonchev–Trinajstić information content (AvgIpc) is 3.03. The van der Waals surface area contributed by atoms with Gasteiger partial charge in [0.1, 0.15) is 5.82 Å². The summed E-state index contributed by atoms with van der Waals surface area (Å²) >= 11 is 5.70. The van der Waals surface area contributed by atoms with E-state index in [1.165, 1.54) is 18.9 Å². The number of rotatable bonds is 4. The second-order valence-corrected chi connectivity index (χ2v) is 4.70. The minimum absolute atomic E-state index is 0.201. The van der Waals surface area contributed by atoms with E-state index in [9.17, 15) is 4.39 Å². The van der Waals surface area contributed by atoms with Gasteiger partial charge in [-0.15, -0.1) is 0 Å². The van der Waals surface area contributed by atoms with Crippen molar-refractivity contribution in [3.63, 3.8) is 0 Å². The van der Waals surface area contributed by atoms with Gasteiger partial charge in [0.05, 0.1) is 5.02 Å². The molecule has 0 aliphatic heterocycles. The van der Waals surface area contributed by atoms with Crippen LogP contribution in [0.2, 0.25) is 5.02 Å². The largest absolute Gasteiger partial charge is 0.327 e. The lowest BCUT2D eigenvalue weighted by molar-refractivity contribution is 0.549. The first-order chi connectivity index (χ1) is 7.16. The molecule has 2 rings (SSSR count). The Morgan fingerprint density at radius 1 is 1.47 bits per heavy atom. The van der Waals surface area contributed by atoms with E-state index in [4.69, 9.17) is 17.3 Å². The zero-order valence-electron chi connectivity index (χ0n) is 8.55. The van der Waals surface area contributed by atoms with Crippen molar-refractivity contribution in [1.29, 1.82) is 0 Å². The van der Waals surface area contributed by atoms with Crippen LogP contribution in [0.15, 0.2) is 18.2 Å². The highest BCUT2D eigenvalue weighted by atomic mass is 35.5. The Morgan fingerprint density at radius 3 is 2.80 bits per heavy atom. The molecular formula is C12H15ClFN. The number of hydrogen-bond acceptors (Lipinski definition) is 1. The van der Waals surface area contributed by atoms with Crippen LogP contribution in [0.3, 0.4) is 0 Å². The molecule has 3 heteroatoms. The Balaban J connectivity index is 1.89. The van der Waals surface area contributed by atoms with Crippen molar-refractivity contribution in [3.05, 3.63) is 34.6 Å². The molecule has 1 saturated carbocycles. The second kappa shape index (κ2) is 4.50. The first-order valence-electron chi connectivity index (χ1n) is 5.36. The zero-order chi connectivity index (χ0) is 10.8. The zero-order valence-corrected chi connectivity index (χ0v) is 9.30. The first-order valence-corrected chi connectivity index (χ1v) is 5.74. The molecule has 1 nitrogen and oxygen atoms in total. The fourth-order valence-electron chi connectivity index (χ4n) is 1.79. The molecule has 0 spiro atoms. The van der Waals surface area contributed by atoms with E-state index in [1.807, 2.05) is 0 Å². The van der Waals surface area contributed by atoms with Gasteiger partial charge in [0, 0.05) is 6.04 Å². The number of benzene rings is 1. The van der Waals surface area contributed by atoms with E-state index in [1.54, 1.807) is 12.1 Å². The highest BCUT2D eigenvalue weighted by Crippen LogP contribution is 2.33. The van der Waals surface area contributed by atoms with Gasteiger partial charge in [0.2, 0.25) is 0 Å². The summed E-state index contributed by atoms with van der Waals surface area (Å²) in [6.45, 7) is 0. The molecule has 1 aromatic rings. The van der Waals surface area contributed by atoms with Gasteiger partial charge in [0.25, 0.3) is 0 Å². The summed E-state index contributed by atoms with van der Waals surface area (Å²) in [5, 5.41) is 0.201. The molecule has 0 amide bonds. The third kappa shape index (κ3) is 2.93. The lowest BCUT2D eigenvalue weighted by atomic mass is 10.0. The minimum Gasteiger partial charge on any atom is -0.327 e. The summed E-state index contributed by atoms with van der Waals surface area (Å²) in [6.07, 6.45) is 4.39. The molecule has 0 heterocycles. The summed E-state index contributed by atoms with van der Waals surface area (Å²) in [4.78, 5) is 0. The van der Waals surface area contributed by atoms with Crippen LogP contribution in [0.4, 0.5) is 4.39 Å². The van der Waals surface area contributed by atoms with Gasteiger partial charge in [-0.3, -0.25) is 0 Å². The van der Waals surface area contributed by atoms with Gasteiger partial charge in [-0.2, -0.15) is 0 Å². The van der Waals surface area contributed by atoms with E-state index in [0.29, 0.717) is 6.04 Å². The lowest BCUT2D eigenvalue weighted by Crippen LogP contribution is -2.22. The van der Waals surface area contributed by atoms with Crippen molar-refractivity contribution in [1.82, 2.24) is 0 Å². The SMILES string of the molecule is NC(CCc1ccc(F)c(Cl)c1)C1CC1. The van der Waals surface area contributed by atoms with Crippen LogP contribution in [-0.4, -0.2) is 6.04 Å². The quantitative estimate of drug-likeness (QED) is 0.840. The van der Waals surface area contributed by atoms with Crippen LogP contribution in [0, 0.1) is 11.7 Å². The van der Waals surface area contributed by atoms with E-state index >= 15 is 0 Å². The monoisotopic (exact) mass is 227 g/mol. The summed E-state index contributed by atoms with van der Waals surface area (Å²) < 4.78 is 12.9. The summed E-state index contributed by atoms with van der Waals surface area (Å²) in [5.41, 5.74) is 7.05. The van der Waals surface area contributed by atoms with Crippen molar-refractivity contribution >= 4 is 11.6 Å². The maximum Gasteiger partial charge on any atom is 0.141 e. The van der Waals surface area contributed by atoms with Crippen molar-refractivity contribution in [2.45, 2.75) is 31.7 Å². The van der Waals surface area contributed by atoms with Gasteiger partial charge < -0.3 is 5.73 Å². The summed E-state index contributed by atoms with van der Waals surface area (Å²) in [6, 6.07) is 5.19. The van der Waals surface area contributed by atoms with Crippen LogP contribution in [0.1, 0.15) is 24.8 Å². The lowest BCUT2D eigenvalue weighted by Gasteiger charge is -2.09. The van der Waals surface area contributed by atoms with Gasteiger partial charge >= 0.3 is 0 Å². The summed E-state index contributed by atoms with van der Waals surface area (Å²) in [5.74, 6) is 0.368. The van der Waals surface area contributed by atoms with E-state index in [0.717, 1.165) is 24.3 Å². The molecule has 1 fully saturated rings. The predicted molar refractivity (Wildman–Crippen MR) is 60.4 cm³/mol. The Morgan fingerprint density at radius 2 is 2.20 bits per heavy atom. The molecule has 15 heavy (non-hydrogen) atoms. The Labute approximate surface area is 94.4 Å². The molecule has 1 unspecified atom stereocenters. The third-order valence-electron chi connectivity index (χ3n) is 2.98. The molecule has 1 aliphatic carbocycles. The van der Waals surface area contributed by atoms with Gasteiger partial charge in [-0.1, -0.05) is 17.7 Å². The van der Waals surface area contributed by atoms with Crippen molar-refractivity contribution in [2.75, 3.05) is 0 Å². The third-order valence-corrected chi connectivity index (χ3v) is 3.27. The highest BCUT2D eigenvalue weighted by Gasteiger charge is 2.27. The van der Waals surface area contributed by atoms with Crippen molar-refractivity contribution in [3.8, 4) is 0 Å². The number of nitrogens with two attached hydrogens (primary N) is 1. The van der Waals surface area contributed by atoms with E-state index in [-0.39, 0.29) is 10.8 Å². The molecule has 2 N–H and O–H groups in total. The van der Waals surface area contributed by atoms with Crippen LogP contribution in [0.25, 0.3) is 0 Å². The maximum absolute atomic E-state index is 12.9. The predicted octanol–water partition coefficient (Wildman–Crippen LogP) is 3.15. The van der Waals surface area contributed by atoms with E-state index < -0.39 is 0 Å². The molecule has 1 aromatic carbocycles. The van der Waals surface area contributed by atoms with Gasteiger partial charge in [-0.05, 0) is 49.3 Å². The van der Waals surface area contributed by atoms with Crippen LogP contribution in [-0.2, 0) is 6.42 Å². The van der Waals surface area contributed by atoms with E-state index in [2.05, 4.69) is 0 Å². The second-order valence-electron chi connectivity index (χ2n) is 4.29. The van der Waals surface area contributed by atoms with Crippen LogP contribution in [0.5, 0.6) is 0 Å². The summed E-state index contributed by atoms with van der Waals surface area (Å²) in [7, 11) is 0. The fourth-order valence-corrected chi connectivity index (χ4v) is 1.99. The van der Waals surface area contributed by atoms with Crippen molar-refractivity contribution in [2.24, 2.45) is 11.7 Å². The smallest absolute Gasteiger partial charge is 0.141 e. The molecule has 1 aliphatic rings. The number of aryl methyl sites for hydroxylation is 1. The molecule has 0 radical (unpaired) electrons. The maximum atomic E-state index is 12.9. The molecule has 0 aromatic heterocycles. The molecular weight excluding hydrogens is 213 g/mol. The average molecular weight is 228 g/mol. The number of hydrogen-bond donors (Lipinski definition) is 1. The van der Waals surface area contributed by atoms with Crippen molar-refractivity contribution < 1.29 is 4.39 Å². The minimum atomic E-state index is -0.355. The standard InChI is InChI=1S/C12H15ClFN/c13-10-7-8(1-5-11(10)14)2-6-12(15)9-3-4-9/h1,5,7,9,12H,2-4,6,15H2. The van der Waals surface area contributed by atoms with Crippen LogP contribution < -0.4 is 5.73 Å². The number of halogens is 2.